The third-order valence-electron chi connectivity index (χ3n) is 3.56. The van der Waals surface area contributed by atoms with Gasteiger partial charge in [0.1, 0.15) is 0 Å². The van der Waals surface area contributed by atoms with E-state index >= 15 is 0 Å². The van der Waals surface area contributed by atoms with Gasteiger partial charge in [0.2, 0.25) is 0 Å². The SMILES string of the molecule is COc1cc(Br)c(/C=C/C(=O)c2ccc(NC(=O)NC(C)C)cc2)cc1O. The Morgan fingerprint density at radius 3 is 2.44 bits per heavy atom. The fraction of sp³-hybridized carbons (Fsp3) is 0.200. The third kappa shape index (κ3) is 5.86. The molecule has 0 heterocycles. The number of rotatable bonds is 6. The van der Waals surface area contributed by atoms with Gasteiger partial charge in [-0.15, -0.1) is 0 Å². The monoisotopic (exact) mass is 432 g/mol. The summed E-state index contributed by atoms with van der Waals surface area (Å²) < 4.78 is 5.72. The average Bonchev–Trinajstić information content (AvgIpc) is 2.61. The molecule has 0 unspecified atom stereocenters. The van der Waals surface area contributed by atoms with E-state index in [9.17, 15) is 14.7 Å². The molecule has 0 aliphatic carbocycles. The number of nitrogens with one attached hydrogen (secondary N) is 2. The number of phenols is 1. The number of ether oxygens (including phenoxy) is 1. The minimum absolute atomic E-state index is 0.0112. The number of phenolic OH excluding ortho intramolecular Hbond substituents is 1. The van der Waals surface area contributed by atoms with Gasteiger partial charge in [0, 0.05) is 21.8 Å². The Labute approximate surface area is 166 Å². The van der Waals surface area contributed by atoms with Crippen molar-refractivity contribution in [2.75, 3.05) is 12.4 Å². The second-order valence-corrected chi connectivity index (χ2v) is 6.93. The first-order valence-corrected chi connectivity index (χ1v) is 9.06. The molecule has 2 aromatic rings. The molecule has 3 N–H and O–H groups in total. The van der Waals surface area contributed by atoms with Crippen LogP contribution in [0.4, 0.5) is 10.5 Å². The van der Waals surface area contributed by atoms with Crippen LogP contribution in [0.5, 0.6) is 11.5 Å². The Morgan fingerprint density at radius 2 is 1.85 bits per heavy atom. The minimum Gasteiger partial charge on any atom is -0.504 e. The Balaban J connectivity index is 2.07. The first-order chi connectivity index (χ1) is 12.8. The number of ketones is 1. The van der Waals surface area contributed by atoms with Crippen LogP contribution in [0.3, 0.4) is 0 Å². The highest BCUT2D eigenvalue weighted by Crippen LogP contribution is 2.33. The van der Waals surface area contributed by atoms with Crippen LogP contribution in [0.2, 0.25) is 0 Å². The zero-order valence-electron chi connectivity index (χ0n) is 15.2. The number of carbonyl (C=O) groups excluding carboxylic acids is 2. The summed E-state index contributed by atoms with van der Waals surface area (Å²) >= 11 is 3.38. The fourth-order valence-corrected chi connectivity index (χ4v) is 2.71. The number of anilines is 1. The van der Waals surface area contributed by atoms with Crippen LogP contribution in [0.1, 0.15) is 29.8 Å². The van der Waals surface area contributed by atoms with E-state index in [0.717, 1.165) is 0 Å². The van der Waals surface area contributed by atoms with E-state index in [-0.39, 0.29) is 23.6 Å². The molecular weight excluding hydrogens is 412 g/mol. The molecule has 0 radical (unpaired) electrons. The van der Waals surface area contributed by atoms with E-state index in [1.165, 1.54) is 19.3 Å². The molecule has 7 heteroatoms. The van der Waals surface area contributed by atoms with Crippen LogP contribution in [0, 0.1) is 0 Å². The van der Waals surface area contributed by atoms with Gasteiger partial charge in [-0.3, -0.25) is 4.79 Å². The molecule has 0 atom stereocenters. The number of hydrogen-bond acceptors (Lipinski definition) is 4. The summed E-state index contributed by atoms with van der Waals surface area (Å²) in [5.74, 6) is 0.133. The normalized spacial score (nSPS) is 10.9. The summed E-state index contributed by atoms with van der Waals surface area (Å²) in [4.78, 5) is 24.0. The number of urea groups is 1. The lowest BCUT2D eigenvalue weighted by molar-refractivity contribution is 0.104. The third-order valence-corrected chi connectivity index (χ3v) is 4.25. The summed E-state index contributed by atoms with van der Waals surface area (Å²) in [5, 5.41) is 15.3. The molecule has 27 heavy (non-hydrogen) atoms. The van der Waals surface area contributed by atoms with Crippen LogP contribution in [-0.2, 0) is 0 Å². The van der Waals surface area contributed by atoms with Crippen LogP contribution in [0.25, 0.3) is 6.08 Å². The molecule has 0 spiro atoms. The molecule has 0 saturated heterocycles. The summed E-state index contributed by atoms with van der Waals surface area (Å²) in [7, 11) is 1.46. The lowest BCUT2D eigenvalue weighted by atomic mass is 10.1. The van der Waals surface area contributed by atoms with Crippen molar-refractivity contribution >= 4 is 39.5 Å². The summed E-state index contributed by atoms with van der Waals surface area (Å²) in [6.07, 6.45) is 3.02. The molecule has 0 aliphatic heterocycles. The van der Waals surface area contributed by atoms with Crippen molar-refractivity contribution in [2.45, 2.75) is 19.9 Å². The van der Waals surface area contributed by atoms with Gasteiger partial charge >= 0.3 is 6.03 Å². The van der Waals surface area contributed by atoms with Crippen molar-refractivity contribution < 1.29 is 19.4 Å². The van der Waals surface area contributed by atoms with Gasteiger partial charge in [0.15, 0.2) is 17.3 Å². The van der Waals surface area contributed by atoms with E-state index in [4.69, 9.17) is 4.74 Å². The fourth-order valence-electron chi connectivity index (χ4n) is 2.26. The Morgan fingerprint density at radius 1 is 1.19 bits per heavy atom. The zero-order valence-corrected chi connectivity index (χ0v) is 16.8. The molecule has 0 bridgehead atoms. The molecule has 2 amide bonds. The predicted molar refractivity (Wildman–Crippen MR) is 109 cm³/mol. The number of aromatic hydroxyl groups is 1. The highest BCUT2D eigenvalue weighted by Gasteiger charge is 2.08. The molecule has 0 aromatic heterocycles. The van der Waals surface area contributed by atoms with Gasteiger partial charge in [-0.05, 0) is 68.0 Å². The minimum atomic E-state index is -0.298. The molecule has 0 fully saturated rings. The van der Waals surface area contributed by atoms with Crippen LogP contribution >= 0.6 is 15.9 Å². The molecular formula is C20H21BrN2O4. The van der Waals surface area contributed by atoms with Crippen molar-refractivity contribution in [3.63, 3.8) is 0 Å². The number of halogens is 1. The van der Waals surface area contributed by atoms with Gasteiger partial charge in [0.25, 0.3) is 0 Å². The highest BCUT2D eigenvalue weighted by atomic mass is 79.9. The summed E-state index contributed by atoms with van der Waals surface area (Å²) in [6, 6.07) is 9.47. The van der Waals surface area contributed by atoms with E-state index in [0.29, 0.717) is 27.0 Å². The topological polar surface area (TPSA) is 87.7 Å². The molecule has 0 aliphatic rings. The second-order valence-electron chi connectivity index (χ2n) is 6.07. The van der Waals surface area contributed by atoms with Gasteiger partial charge in [0.05, 0.1) is 7.11 Å². The number of benzene rings is 2. The number of methoxy groups -OCH3 is 1. The number of allylic oxidation sites excluding steroid dienone is 1. The average molecular weight is 433 g/mol. The van der Waals surface area contributed by atoms with E-state index in [2.05, 4.69) is 26.6 Å². The van der Waals surface area contributed by atoms with Gasteiger partial charge < -0.3 is 20.5 Å². The first-order valence-electron chi connectivity index (χ1n) is 8.26. The lowest BCUT2D eigenvalue weighted by Gasteiger charge is -2.10. The number of carbonyl (C=O) groups is 2. The van der Waals surface area contributed by atoms with Crippen molar-refractivity contribution in [1.29, 1.82) is 0 Å². The van der Waals surface area contributed by atoms with E-state index in [1.54, 1.807) is 36.4 Å². The van der Waals surface area contributed by atoms with Crippen molar-refractivity contribution in [3.8, 4) is 11.5 Å². The van der Waals surface area contributed by atoms with Crippen LogP contribution < -0.4 is 15.4 Å². The van der Waals surface area contributed by atoms with E-state index < -0.39 is 0 Å². The molecule has 2 aromatic carbocycles. The Kier molecular flexibility index (Phi) is 7.01. The Bertz CT molecular complexity index is 861. The zero-order chi connectivity index (χ0) is 20.0. The Hall–Kier alpha value is -2.80. The summed E-state index contributed by atoms with van der Waals surface area (Å²) in [6.45, 7) is 3.74. The van der Waals surface area contributed by atoms with Crippen LogP contribution in [0.15, 0.2) is 46.9 Å². The quantitative estimate of drug-likeness (QED) is 0.460. The standard InChI is InChI=1S/C20H21BrN2O4/c1-12(2)22-20(26)23-15-7-4-13(5-8-15)17(24)9-6-14-10-18(25)19(27-3)11-16(14)21/h4-12,25H,1-3H3,(H2,22,23,26)/b9-6+. The maximum absolute atomic E-state index is 12.3. The molecule has 142 valence electrons. The van der Waals surface area contributed by atoms with Crippen molar-refractivity contribution in [3.05, 3.63) is 58.1 Å². The summed E-state index contributed by atoms with van der Waals surface area (Å²) in [5.41, 5.74) is 1.72. The number of hydrogen-bond donors (Lipinski definition) is 3. The maximum Gasteiger partial charge on any atom is 0.319 e. The first kappa shape index (κ1) is 20.5. The lowest BCUT2D eigenvalue weighted by Crippen LogP contribution is -2.34. The van der Waals surface area contributed by atoms with Gasteiger partial charge in [-0.2, -0.15) is 0 Å². The van der Waals surface area contributed by atoms with Crippen LogP contribution in [-0.4, -0.2) is 30.1 Å². The van der Waals surface area contributed by atoms with Gasteiger partial charge in [-0.1, -0.05) is 15.9 Å². The molecule has 0 saturated carbocycles. The van der Waals surface area contributed by atoms with Crippen molar-refractivity contribution in [1.82, 2.24) is 5.32 Å². The predicted octanol–water partition coefficient (Wildman–Crippen LogP) is 4.59. The number of amides is 2. The largest absolute Gasteiger partial charge is 0.504 e. The van der Waals surface area contributed by atoms with Crippen molar-refractivity contribution in [2.24, 2.45) is 0 Å². The van der Waals surface area contributed by atoms with Gasteiger partial charge in [-0.25, -0.2) is 4.79 Å². The molecule has 2 rings (SSSR count). The highest BCUT2D eigenvalue weighted by molar-refractivity contribution is 9.10. The second kappa shape index (κ2) is 9.23. The smallest absolute Gasteiger partial charge is 0.319 e. The van der Waals surface area contributed by atoms with E-state index in [1.807, 2.05) is 13.8 Å². The molecule has 6 nitrogen and oxygen atoms in total. The maximum atomic E-state index is 12.3.